The predicted molar refractivity (Wildman–Crippen MR) is 132 cm³/mol. The molecule has 0 fully saturated rings. The van der Waals surface area contributed by atoms with Crippen LogP contribution in [0.2, 0.25) is 0 Å². The molecule has 4 rings (SSSR count). The number of hydrogen-bond acceptors (Lipinski definition) is 3. The fourth-order valence-corrected chi connectivity index (χ4v) is 4.64. The van der Waals surface area contributed by atoms with Gasteiger partial charge in [-0.15, -0.1) is 0 Å². The first-order valence-electron chi connectivity index (χ1n) is 11.6. The normalized spacial score (nSPS) is 18.6. The number of hydrazone groups is 1. The molecule has 3 aromatic rings. The molecule has 0 radical (unpaired) electrons. The molecule has 1 aliphatic heterocycles. The first-order chi connectivity index (χ1) is 17.2. The van der Waals surface area contributed by atoms with Crippen molar-refractivity contribution in [1.29, 1.82) is 0 Å². The van der Waals surface area contributed by atoms with Crippen LogP contribution in [0.4, 0.5) is 18.9 Å². The van der Waals surface area contributed by atoms with E-state index in [0.29, 0.717) is 11.3 Å². The van der Waals surface area contributed by atoms with Crippen molar-refractivity contribution < 1.29 is 22.8 Å². The minimum Gasteiger partial charge on any atom is -0.352 e. The molecule has 1 heterocycles. The van der Waals surface area contributed by atoms with Gasteiger partial charge in [-0.25, -0.2) is 0 Å². The summed E-state index contributed by atoms with van der Waals surface area (Å²) in [5, 5.41) is 7.90. The quantitative estimate of drug-likeness (QED) is 0.449. The second-order valence-corrected chi connectivity index (χ2v) is 8.83. The lowest BCUT2D eigenvalue weighted by atomic mass is 9.66. The number of carbonyl (C=O) groups excluding carboxylic acids is 2. The molecule has 0 aromatic heterocycles. The van der Waals surface area contributed by atoms with E-state index in [4.69, 9.17) is 0 Å². The summed E-state index contributed by atoms with van der Waals surface area (Å²) >= 11 is 0. The number of benzene rings is 3. The van der Waals surface area contributed by atoms with Gasteiger partial charge < -0.3 is 5.32 Å². The summed E-state index contributed by atoms with van der Waals surface area (Å²) in [6.07, 6.45) is -5.97. The smallest absolute Gasteiger partial charge is 0.352 e. The van der Waals surface area contributed by atoms with E-state index in [2.05, 4.69) is 10.4 Å². The Hall–Kier alpha value is -3.94. The summed E-state index contributed by atoms with van der Waals surface area (Å²) < 4.78 is 44.1. The van der Waals surface area contributed by atoms with Crippen LogP contribution in [0.15, 0.2) is 96.1 Å². The molecule has 8 heteroatoms. The Bertz CT molecular complexity index is 1230. The molecule has 0 saturated heterocycles. The average molecular weight is 494 g/mol. The molecule has 0 spiro atoms. The van der Waals surface area contributed by atoms with Crippen LogP contribution in [-0.4, -0.2) is 23.7 Å². The summed E-state index contributed by atoms with van der Waals surface area (Å²) in [5.41, 5.74) is -0.364. The van der Waals surface area contributed by atoms with Crippen molar-refractivity contribution in [2.45, 2.75) is 32.5 Å². The Balaban J connectivity index is 1.71. The van der Waals surface area contributed by atoms with Gasteiger partial charge in [0.25, 0.3) is 5.91 Å². The number of hydrogen-bond donors (Lipinski definition) is 1. The SMILES string of the molecule is CC1=NN(c2ccccc2)C(=O)[C@@]1(Cc1ccccc1)[C@H](CC(=O)NCc1ccccc1)C(F)(F)F. The third-order valence-corrected chi connectivity index (χ3v) is 6.51. The number of amides is 2. The molecule has 0 aliphatic carbocycles. The molecule has 2 amide bonds. The highest BCUT2D eigenvalue weighted by atomic mass is 19.4. The van der Waals surface area contributed by atoms with Gasteiger partial charge in [-0.1, -0.05) is 78.9 Å². The molecular formula is C28H26F3N3O2. The summed E-state index contributed by atoms with van der Waals surface area (Å²) in [4.78, 5) is 26.7. The van der Waals surface area contributed by atoms with E-state index in [-0.39, 0.29) is 18.7 Å². The second-order valence-electron chi connectivity index (χ2n) is 8.83. The molecule has 186 valence electrons. The van der Waals surface area contributed by atoms with Gasteiger partial charge in [-0.05, 0) is 36.6 Å². The van der Waals surface area contributed by atoms with Gasteiger partial charge >= 0.3 is 6.18 Å². The van der Waals surface area contributed by atoms with Crippen molar-refractivity contribution in [3.63, 3.8) is 0 Å². The van der Waals surface area contributed by atoms with E-state index in [9.17, 15) is 22.8 Å². The van der Waals surface area contributed by atoms with Crippen LogP contribution in [0.3, 0.4) is 0 Å². The molecule has 1 aliphatic rings. The monoisotopic (exact) mass is 493 g/mol. The first-order valence-corrected chi connectivity index (χ1v) is 11.6. The Morgan fingerprint density at radius 3 is 2.00 bits per heavy atom. The van der Waals surface area contributed by atoms with Crippen molar-refractivity contribution in [1.82, 2.24) is 5.32 Å². The summed E-state index contributed by atoms with van der Waals surface area (Å²) in [5.74, 6) is -3.86. The minimum atomic E-state index is -4.84. The summed E-state index contributed by atoms with van der Waals surface area (Å²) in [6.45, 7) is 1.53. The van der Waals surface area contributed by atoms with Crippen molar-refractivity contribution in [3.8, 4) is 0 Å². The van der Waals surface area contributed by atoms with Crippen molar-refractivity contribution >= 4 is 23.2 Å². The number of halogens is 3. The molecule has 3 aromatic carbocycles. The summed E-state index contributed by atoms with van der Waals surface area (Å²) in [7, 11) is 0. The molecular weight excluding hydrogens is 467 g/mol. The zero-order chi connectivity index (χ0) is 25.8. The molecule has 5 nitrogen and oxygen atoms in total. The zero-order valence-corrected chi connectivity index (χ0v) is 19.7. The first kappa shape index (κ1) is 25.2. The van der Waals surface area contributed by atoms with Crippen molar-refractivity contribution in [2.75, 3.05) is 5.01 Å². The van der Waals surface area contributed by atoms with Gasteiger partial charge in [0.1, 0.15) is 5.41 Å². The number of rotatable bonds is 8. The second kappa shape index (κ2) is 10.4. The lowest BCUT2D eigenvalue weighted by molar-refractivity contribution is -0.200. The molecule has 0 bridgehead atoms. The van der Waals surface area contributed by atoms with Crippen LogP contribution in [-0.2, 0) is 22.6 Å². The summed E-state index contributed by atoms with van der Waals surface area (Å²) in [6, 6.07) is 25.8. The lowest BCUT2D eigenvalue weighted by Crippen LogP contribution is -2.53. The van der Waals surface area contributed by atoms with Gasteiger partial charge in [0.2, 0.25) is 5.91 Å². The van der Waals surface area contributed by atoms with Gasteiger partial charge in [0, 0.05) is 13.0 Å². The molecule has 36 heavy (non-hydrogen) atoms. The lowest BCUT2D eigenvalue weighted by Gasteiger charge is -2.37. The number of nitrogens with zero attached hydrogens (tertiary/aromatic N) is 2. The van der Waals surface area contributed by atoms with Gasteiger partial charge in [0.05, 0.1) is 17.3 Å². The van der Waals surface area contributed by atoms with Gasteiger partial charge in [-0.2, -0.15) is 23.3 Å². The fraction of sp³-hybridized carbons (Fsp3) is 0.250. The maximum absolute atomic E-state index is 14.7. The van der Waals surface area contributed by atoms with E-state index < -0.39 is 35.7 Å². The van der Waals surface area contributed by atoms with E-state index in [1.54, 1.807) is 84.9 Å². The maximum Gasteiger partial charge on any atom is 0.393 e. The molecule has 1 N–H and O–H groups in total. The standard InChI is InChI=1S/C28H26F3N3O2/c1-20-27(18-21-11-5-2-6-12-21,26(36)34(33-20)23-15-9-4-10-16-23)24(28(29,30)31)17-25(35)32-19-22-13-7-3-8-14-22/h2-16,24H,17-19H2,1H3,(H,32,35)/t24-,27+/m0/s1. The Morgan fingerprint density at radius 2 is 1.44 bits per heavy atom. The molecule has 2 atom stereocenters. The van der Waals surface area contributed by atoms with Crippen LogP contribution in [0, 0.1) is 11.3 Å². The topological polar surface area (TPSA) is 61.8 Å². The average Bonchev–Trinajstić information content (AvgIpc) is 3.12. The van der Waals surface area contributed by atoms with Gasteiger partial charge in [-0.3, -0.25) is 9.59 Å². The fourth-order valence-electron chi connectivity index (χ4n) is 4.64. The number of alkyl halides is 3. The highest BCUT2D eigenvalue weighted by Gasteiger charge is 2.63. The van der Waals surface area contributed by atoms with Crippen molar-refractivity contribution in [3.05, 3.63) is 102 Å². The van der Waals surface area contributed by atoms with E-state index >= 15 is 0 Å². The largest absolute Gasteiger partial charge is 0.393 e. The van der Waals surface area contributed by atoms with Crippen molar-refractivity contribution in [2.24, 2.45) is 16.4 Å². The Labute approximate surface area is 207 Å². The Kier molecular flexibility index (Phi) is 7.24. The van der Waals surface area contributed by atoms with Gasteiger partial charge in [0.15, 0.2) is 0 Å². The third-order valence-electron chi connectivity index (χ3n) is 6.51. The highest BCUT2D eigenvalue weighted by Crippen LogP contribution is 2.49. The zero-order valence-electron chi connectivity index (χ0n) is 19.7. The number of para-hydroxylation sites is 1. The van der Waals surface area contributed by atoms with Crippen LogP contribution in [0.5, 0.6) is 0 Å². The number of nitrogens with one attached hydrogen (secondary N) is 1. The minimum absolute atomic E-state index is 0.0263. The predicted octanol–water partition coefficient (Wildman–Crippen LogP) is 5.52. The molecule has 0 saturated carbocycles. The number of anilines is 1. The van der Waals surface area contributed by atoms with Crippen LogP contribution in [0.25, 0.3) is 0 Å². The molecule has 0 unspecified atom stereocenters. The Morgan fingerprint density at radius 1 is 0.917 bits per heavy atom. The van der Waals surface area contributed by atoms with E-state index in [1.807, 2.05) is 6.07 Å². The maximum atomic E-state index is 14.7. The van der Waals surface area contributed by atoms with Crippen LogP contribution in [0.1, 0.15) is 24.5 Å². The van der Waals surface area contributed by atoms with E-state index in [1.165, 1.54) is 6.92 Å². The number of carbonyl (C=O) groups is 2. The van der Waals surface area contributed by atoms with Crippen LogP contribution >= 0.6 is 0 Å². The third kappa shape index (κ3) is 5.17. The van der Waals surface area contributed by atoms with E-state index in [0.717, 1.165) is 10.6 Å². The van der Waals surface area contributed by atoms with Crippen LogP contribution < -0.4 is 10.3 Å². The highest BCUT2D eigenvalue weighted by molar-refractivity contribution is 6.19.